The van der Waals surface area contributed by atoms with Crippen molar-refractivity contribution in [3.8, 4) is 5.75 Å². The number of carbonyl (C=O) groups excluding carboxylic acids is 1. The van der Waals surface area contributed by atoms with Crippen molar-refractivity contribution in [1.29, 1.82) is 0 Å². The maximum absolute atomic E-state index is 12.2. The minimum atomic E-state index is -0.185. The molecule has 21 heavy (non-hydrogen) atoms. The summed E-state index contributed by atoms with van der Waals surface area (Å²) < 4.78 is 7.33. The van der Waals surface area contributed by atoms with Crippen molar-refractivity contribution in [1.82, 2.24) is 4.57 Å². The molecule has 5 nitrogen and oxygen atoms in total. The molecular formula is C16H21N3O2. The van der Waals surface area contributed by atoms with Gasteiger partial charge in [-0.3, -0.25) is 4.79 Å². The van der Waals surface area contributed by atoms with Crippen LogP contribution >= 0.6 is 0 Å². The highest BCUT2D eigenvalue weighted by atomic mass is 16.5. The third-order valence-corrected chi connectivity index (χ3v) is 3.08. The lowest BCUT2D eigenvalue weighted by atomic mass is 10.2. The lowest BCUT2D eigenvalue weighted by Crippen LogP contribution is -2.16. The summed E-state index contributed by atoms with van der Waals surface area (Å²) in [6, 6.07) is 7.26. The second-order valence-electron chi connectivity index (χ2n) is 5.37. The monoisotopic (exact) mass is 287 g/mol. The van der Waals surface area contributed by atoms with E-state index < -0.39 is 0 Å². The number of aryl methyl sites for hydroxylation is 2. The van der Waals surface area contributed by atoms with E-state index in [9.17, 15) is 4.79 Å². The standard InChI is InChI=1S/C16H21N3O2/c1-10(2)21-13-5-6-14(11(3)7-13)18-16(20)15-8-12(17)9-19(15)4/h5-10H,17H2,1-4H3,(H,18,20). The maximum Gasteiger partial charge on any atom is 0.272 e. The second-order valence-corrected chi connectivity index (χ2v) is 5.37. The molecule has 2 aromatic rings. The second kappa shape index (κ2) is 5.91. The van der Waals surface area contributed by atoms with E-state index in [1.807, 2.05) is 39.0 Å². The topological polar surface area (TPSA) is 69.3 Å². The molecule has 112 valence electrons. The van der Waals surface area contributed by atoms with Gasteiger partial charge in [0.15, 0.2) is 0 Å². The number of hydrogen-bond acceptors (Lipinski definition) is 3. The number of anilines is 2. The fraction of sp³-hybridized carbons (Fsp3) is 0.312. The fourth-order valence-electron chi connectivity index (χ4n) is 2.12. The van der Waals surface area contributed by atoms with E-state index >= 15 is 0 Å². The van der Waals surface area contributed by atoms with Crippen LogP contribution in [0.3, 0.4) is 0 Å². The Balaban J connectivity index is 2.16. The predicted octanol–water partition coefficient (Wildman–Crippen LogP) is 2.96. The first-order valence-corrected chi connectivity index (χ1v) is 6.87. The van der Waals surface area contributed by atoms with Gasteiger partial charge >= 0.3 is 0 Å². The first kappa shape index (κ1) is 15.0. The molecule has 0 radical (unpaired) electrons. The Morgan fingerprint density at radius 3 is 2.57 bits per heavy atom. The largest absolute Gasteiger partial charge is 0.491 e. The van der Waals surface area contributed by atoms with E-state index in [1.165, 1.54) is 0 Å². The van der Waals surface area contributed by atoms with Gasteiger partial charge in [0.25, 0.3) is 5.91 Å². The fourth-order valence-corrected chi connectivity index (χ4v) is 2.12. The van der Waals surface area contributed by atoms with Gasteiger partial charge in [-0.15, -0.1) is 0 Å². The van der Waals surface area contributed by atoms with Crippen molar-refractivity contribution in [2.24, 2.45) is 7.05 Å². The summed E-state index contributed by atoms with van der Waals surface area (Å²) in [5.41, 5.74) is 8.49. The van der Waals surface area contributed by atoms with Crippen LogP contribution < -0.4 is 15.8 Å². The molecule has 0 atom stereocenters. The van der Waals surface area contributed by atoms with Crippen molar-refractivity contribution < 1.29 is 9.53 Å². The van der Waals surface area contributed by atoms with E-state index in [0.29, 0.717) is 11.4 Å². The summed E-state index contributed by atoms with van der Waals surface area (Å²) in [5.74, 6) is 0.610. The highest BCUT2D eigenvalue weighted by molar-refractivity contribution is 6.04. The third kappa shape index (κ3) is 3.56. The molecule has 0 aliphatic carbocycles. The van der Waals surface area contributed by atoms with E-state index in [4.69, 9.17) is 10.5 Å². The first-order valence-electron chi connectivity index (χ1n) is 6.87. The molecule has 5 heteroatoms. The number of nitrogens with two attached hydrogens (primary N) is 1. The summed E-state index contributed by atoms with van der Waals surface area (Å²) in [5, 5.41) is 2.89. The number of nitrogens with one attached hydrogen (secondary N) is 1. The number of ether oxygens (including phenoxy) is 1. The Kier molecular flexibility index (Phi) is 4.21. The highest BCUT2D eigenvalue weighted by Crippen LogP contribution is 2.23. The smallest absolute Gasteiger partial charge is 0.272 e. The summed E-state index contributed by atoms with van der Waals surface area (Å²) in [7, 11) is 1.79. The molecule has 3 N–H and O–H groups in total. The van der Waals surface area contributed by atoms with Crippen LogP contribution in [-0.2, 0) is 7.05 Å². The number of nitrogens with zero attached hydrogens (tertiary/aromatic N) is 1. The van der Waals surface area contributed by atoms with Crippen LogP contribution in [0.5, 0.6) is 5.75 Å². The number of hydrogen-bond donors (Lipinski definition) is 2. The van der Waals surface area contributed by atoms with Gasteiger partial charge in [-0.05, 0) is 50.6 Å². The molecule has 1 heterocycles. The molecule has 1 amide bonds. The van der Waals surface area contributed by atoms with Gasteiger partial charge < -0.3 is 20.4 Å². The Morgan fingerprint density at radius 1 is 1.33 bits per heavy atom. The maximum atomic E-state index is 12.2. The van der Waals surface area contributed by atoms with Crippen LogP contribution in [0.4, 0.5) is 11.4 Å². The van der Waals surface area contributed by atoms with Gasteiger partial charge in [0.05, 0.1) is 11.8 Å². The number of aromatic nitrogens is 1. The Labute approximate surface area is 124 Å². The van der Waals surface area contributed by atoms with E-state index in [-0.39, 0.29) is 12.0 Å². The molecule has 0 unspecified atom stereocenters. The molecule has 0 bridgehead atoms. The van der Waals surface area contributed by atoms with E-state index in [0.717, 1.165) is 17.0 Å². The van der Waals surface area contributed by atoms with Crippen molar-refractivity contribution in [3.63, 3.8) is 0 Å². The molecule has 0 saturated carbocycles. The minimum absolute atomic E-state index is 0.121. The Morgan fingerprint density at radius 2 is 2.05 bits per heavy atom. The van der Waals surface area contributed by atoms with Crippen LogP contribution in [0.25, 0.3) is 0 Å². The molecule has 0 aliphatic rings. The van der Waals surface area contributed by atoms with Gasteiger partial charge in [-0.25, -0.2) is 0 Å². The number of rotatable bonds is 4. The van der Waals surface area contributed by atoms with Crippen molar-refractivity contribution in [2.45, 2.75) is 26.9 Å². The summed E-state index contributed by atoms with van der Waals surface area (Å²) in [6.07, 6.45) is 1.83. The van der Waals surface area contributed by atoms with Crippen LogP contribution in [0.15, 0.2) is 30.5 Å². The highest BCUT2D eigenvalue weighted by Gasteiger charge is 2.12. The van der Waals surface area contributed by atoms with E-state index in [2.05, 4.69) is 5.32 Å². The molecular weight excluding hydrogens is 266 g/mol. The van der Waals surface area contributed by atoms with Gasteiger partial charge in [-0.2, -0.15) is 0 Å². The van der Waals surface area contributed by atoms with E-state index in [1.54, 1.807) is 23.9 Å². The average Bonchev–Trinajstić information content (AvgIpc) is 2.71. The molecule has 1 aromatic heterocycles. The van der Waals surface area contributed by atoms with Crippen molar-refractivity contribution in [3.05, 3.63) is 41.7 Å². The van der Waals surface area contributed by atoms with Crippen LogP contribution in [0.1, 0.15) is 29.9 Å². The average molecular weight is 287 g/mol. The molecule has 0 saturated heterocycles. The number of amides is 1. The quantitative estimate of drug-likeness (QED) is 0.908. The summed E-state index contributed by atoms with van der Waals surface area (Å²) in [4.78, 5) is 12.2. The SMILES string of the molecule is Cc1cc(OC(C)C)ccc1NC(=O)c1cc(N)cn1C. The predicted molar refractivity (Wildman–Crippen MR) is 84.7 cm³/mol. The zero-order chi connectivity index (χ0) is 15.6. The van der Waals surface area contributed by atoms with Gasteiger partial charge in [0.2, 0.25) is 0 Å². The number of carbonyl (C=O) groups is 1. The van der Waals surface area contributed by atoms with Gasteiger partial charge in [-0.1, -0.05) is 0 Å². The molecule has 0 aliphatic heterocycles. The number of nitrogen functional groups attached to an aromatic ring is 1. The lowest BCUT2D eigenvalue weighted by molar-refractivity contribution is 0.101. The number of benzene rings is 1. The summed E-state index contributed by atoms with van der Waals surface area (Å²) in [6.45, 7) is 5.89. The van der Waals surface area contributed by atoms with Gasteiger partial charge in [0, 0.05) is 18.9 Å². The first-order chi connectivity index (χ1) is 9.86. The normalized spacial score (nSPS) is 10.7. The van der Waals surface area contributed by atoms with Crippen molar-refractivity contribution in [2.75, 3.05) is 11.1 Å². The summed E-state index contributed by atoms with van der Waals surface area (Å²) >= 11 is 0. The van der Waals surface area contributed by atoms with Crippen LogP contribution in [0, 0.1) is 6.92 Å². The zero-order valence-corrected chi connectivity index (χ0v) is 12.8. The molecule has 0 fully saturated rings. The van der Waals surface area contributed by atoms with Crippen LogP contribution in [-0.4, -0.2) is 16.6 Å². The third-order valence-electron chi connectivity index (χ3n) is 3.08. The molecule has 1 aromatic carbocycles. The van der Waals surface area contributed by atoms with Gasteiger partial charge in [0.1, 0.15) is 11.4 Å². The molecule has 0 spiro atoms. The Hall–Kier alpha value is -2.43. The van der Waals surface area contributed by atoms with Crippen molar-refractivity contribution >= 4 is 17.3 Å². The minimum Gasteiger partial charge on any atom is -0.491 e. The molecule has 2 rings (SSSR count). The zero-order valence-electron chi connectivity index (χ0n) is 12.8. The Bertz CT molecular complexity index is 660. The van der Waals surface area contributed by atoms with Crippen LogP contribution in [0.2, 0.25) is 0 Å². The lowest BCUT2D eigenvalue weighted by Gasteiger charge is -2.13.